The zero-order valence-electron chi connectivity index (χ0n) is 36.8. The van der Waals surface area contributed by atoms with Crippen molar-refractivity contribution in [3.63, 3.8) is 0 Å². The van der Waals surface area contributed by atoms with Crippen LogP contribution in [0.3, 0.4) is 0 Å². The van der Waals surface area contributed by atoms with Crippen molar-refractivity contribution in [2.24, 2.45) is 22.7 Å². The molecule has 1 aromatic rings. The summed E-state index contributed by atoms with van der Waals surface area (Å²) in [6.45, 7) is 18.0. The minimum Gasteiger partial charge on any atom is -0.469 e. The third-order valence-corrected chi connectivity index (χ3v) is 12.3. The molecule has 2 heterocycles. The maximum Gasteiger partial charge on any atom is 0.411 e. The number of rotatable bonds is 10. The van der Waals surface area contributed by atoms with Gasteiger partial charge in [0.25, 0.3) is 0 Å². The molecule has 332 valence electrons. The van der Waals surface area contributed by atoms with Crippen LogP contribution < -0.4 is 21.3 Å². The monoisotopic (exact) mass is 840 g/mol. The summed E-state index contributed by atoms with van der Waals surface area (Å²) in [5.74, 6) is -2.36. The summed E-state index contributed by atoms with van der Waals surface area (Å²) < 4.78 is 21.6. The van der Waals surface area contributed by atoms with Gasteiger partial charge >= 0.3 is 24.2 Å². The molecule has 2 saturated heterocycles. The second kappa shape index (κ2) is 17.5. The second-order valence-corrected chi connectivity index (χ2v) is 19.7. The van der Waals surface area contributed by atoms with Crippen LogP contribution in [0.25, 0.3) is 0 Å². The van der Waals surface area contributed by atoms with Crippen LogP contribution in [-0.2, 0) is 44.7 Å². The van der Waals surface area contributed by atoms with Gasteiger partial charge in [0.15, 0.2) is 0 Å². The molecule has 1 aromatic carbocycles. The molecule has 2 saturated carbocycles. The molecule has 2 aliphatic heterocycles. The van der Waals surface area contributed by atoms with Gasteiger partial charge in [-0.15, -0.1) is 0 Å². The Bertz CT molecular complexity index is 1810. The predicted octanol–water partition coefficient (Wildman–Crippen LogP) is 4.02. The Labute approximate surface area is 352 Å². The van der Waals surface area contributed by atoms with Crippen LogP contribution in [0, 0.1) is 22.7 Å². The Morgan fingerprint density at radius 2 is 1.08 bits per heavy atom. The molecule has 5 rings (SSSR count). The largest absolute Gasteiger partial charge is 0.469 e. The molecule has 0 unspecified atom stereocenters. The maximum atomic E-state index is 13.9. The van der Waals surface area contributed by atoms with Gasteiger partial charge in [0.1, 0.15) is 29.9 Å². The lowest BCUT2D eigenvalue weighted by molar-refractivity contribution is -0.160. The molecule has 4 fully saturated rings. The highest BCUT2D eigenvalue weighted by atomic mass is 16.6. The Hall–Kier alpha value is -5.09. The summed E-state index contributed by atoms with van der Waals surface area (Å²) in [6, 6.07) is 5.41. The Morgan fingerprint density at radius 3 is 1.52 bits per heavy atom. The predicted molar refractivity (Wildman–Crippen MR) is 218 cm³/mol. The number of benzene rings is 1. The maximum absolute atomic E-state index is 13.9. The third-order valence-electron chi connectivity index (χ3n) is 12.3. The standard InChI is InChI=1S/C43H64N6O11/c1-40(2,3)59-38(55)48-21-25(17-29(48)34(51)47-32-20-28(36(53)57-11)43(32,9)10)44-33(50)27-19-31(42(27,7)8)46-35(52)30-18-26(22-49(30)39(56)60-41(4,5)6)45-37(54)58-23-24-15-13-12-14-16-24/h12-16,25-32H,17-23H2,1-11H3,(H,44,50)(H,45,54)(H,46,52)(H,47,51)/t25-,26-,27-,28-,29-,30-,31-,32-/m0/s1. The molecule has 17 nitrogen and oxygen atoms in total. The lowest BCUT2D eigenvalue weighted by atomic mass is 9.58. The smallest absolute Gasteiger partial charge is 0.411 e. The first-order valence-electron chi connectivity index (χ1n) is 20.8. The first-order valence-corrected chi connectivity index (χ1v) is 20.8. The number of likely N-dealkylation sites (tertiary alicyclic amines) is 2. The molecule has 4 N–H and O–H groups in total. The van der Waals surface area contributed by atoms with Crippen LogP contribution in [0.2, 0.25) is 0 Å². The van der Waals surface area contributed by atoms with E-state index in [0.717, 1.165) is 5.56 Å². The normalized spacial score (nSPS) is 27.9. The molecule has 60 heavy (non-hydrogen) atoms. The lowest BCUT2D eigenvalue weighted by Crippen LogP contribution is -2.64. The Kier molecular flexibility index (Phi) is 13.4. The van der Waals surface area contributed by atoms with Crippen LogP contribution in [0.5, 0.6) is 0 Å². The van der Waals surface area contributed by atoms with Crippen molar-refractivity contribution in [3.8, 4) is 0 Å². The molecule has 0 bridgehead atoms. The first-order chi connectivity index (χ1) is 27.8. The lowest BCUT2D eigenvalue weighted by Gasteiger charge is -2.51. The summed E-state index contributed by atoms with van der Waals surface area (Å²) >= 11 is 0. The summed E-state index contributed by atoms with van der Waals surface area (Å²) in [5, 5.41) is 11.9. The zero-order chi connectivity index (χ0) is 44.5. The van der Waals surface area contributed by atoms with Crippen LogP contribution in [-0.4, -0.2) is 119 Å². The van der Waals surface area contributed by atoms with Crippen LogP contribution in [0.15, 0.2) is 30.3 Å². The summed E-state index contributed by atoms with van der Waals surface area (Å²) in [5.41, 5.74) is -2.11. The van der Waals surface area contributed by atoms with Crippen molar-refractivity contribution in [2.45, 2.75) is 149 Å². The summed E-state index contributed by atoms with van der Waals surface area (Å²) in [6.07, 6.45) is -1.07. The van der Waals surface area contributed by atoms with Crippen LogP contribution in [0.4, 0.5) is 14.4 Å². The Balaban J connectivity index is 1.19. The Morgan fingerprint density at radius 1 is 0.633 bits per heavy atom. The number of nitrogens with zero attached hydrogens (tertiary/aromatic N) is 2. The van der Waals surface area contributed by atoms with E-state index in [2.05, 4.69) is 21.3 Å². The van der Waals surface area contributed by atoms with Gasteiger partial charge in [0, 0.05) is 37.1 Å². The number of amides is 6. The number of ether oxygens (including phenoxy) is 4. The van der Waals surface area contributed by atoms with E-state index in [1.807, 2.05) is 58.0 Å². The fraction of sp³-hybridized carbons (Fsp3) is 0.698. The number of carbonyl (C=O) groups excluding carboxylic acids is 7. The third kappa shape index (κ3) is 10.6. The SMILES string of the molecule is COC(=O)[C@@H]1C[C@H](NC(=O)[C@@H]2C[C@H](NC(=O)[C@@H]3C[C@H](NC(=O)[C@@H]4C[C@H](NC(=O)OCc5ccccc5)CN4C(=O)OC(C)(C)C)C3(C)C)CN2C(=O)OC(C)(C)C)C1(C)C. The molecule has 17 heteroatoms. The van der Waals surface area contributed by atoms with Crippen molar-refractivity contribution < 1.29 is 52.5 Å². The van der Waals surface area contributed by atoms with E-state index in [0.29, 0.717) is 12.8 Å². The van der Waals surface area contributed by atoms with Gasteiger partial charge in [-0.3, -0.25) is 29.0 Å². The van der Waals surface area contributed by atoms with Gasteiger partial charge in [-0.25, -0.2) is 14.4 Å². The average molecular weight is 841 g/mol. The zero-order valence-corrected chi connectivity index (χ0v) is 36.8. The van der Waals surface area contributed by atoms with E-state index < -0.39 is 88.3 Å². The first kappa shape index (κ1) is 46.0. The minimum absolute atomic E-state index is 0.0275. The number of hydrogen-bond acceptors (Lipinski definition) is 11. The summed E-state index contributed by atoms with van der Waals surface area (Å²) in [4.78, 5) is 95.8. The van der Waals surface area contributed by atoms with E-state index in [1.54, 1.807) is 41.5 Å². The topological polar surface area (TPSA) is 211 Å². The van der Waals surface area contributed by atoms with E-state index in [1.165, 1.54) is 16.9 Å². The van der Waals surface area contributed by atoms with Crippen molar-refractivity contribution in [1.82, 2.24) is 31.1 Å². The highest BCUT2D eigenvalue weighted by Gasteiger charge is 2.56. The highest BCUT2D eigenvalue weighted by molar-refractivity contribution is 5.89. The van der Waals surface area contributed by atoms with E-state index in [9.17, 15) is 33.6 Å². The van der Waals surface area contributed by atoms with Gasteiger partial charge in [-0.2, -0.15) is 0 Å². The van der Waals surface area contributed by atoms with Crippen LogP contribution in [0.1, 0.15) is 100 Å². The molecule has 0 radical (unpaired) electrons. The van der Waals surface area contributed by atoms with Gasteiger partial charge in [0.2, 0.25) is 17.7 Å². The van der Waals surface area contributed by atoms with Crippen LogP contribution >= 0.6 is 0 Å². The van der Waals surface area contributed by atoms with E-state index in [-0.39, 0.29) is 56.4 Å². The fourth-order valence-corrected chi connectivity index (χ4v) is 8.52. The van der Waals surface area contributed by atoms with Crippen molar-refractivity contribution >= 4 is 42.0 Å². The molecule has 0 aromatic heterocycles. The van der Waals surface area contributed by atoms with E-state index >= 15 is 0 Å². The molecule has 2 aliphatic carbocycles. The minimum atomic E-state index is -0.958. The molecule has 0 spiro atoms. The molecule has 6 amide bonds. The summed E-state index contributed by atoms with van der Waals surface area (Å²) in [7, 11) is 1.33. The highest BCUT2D eigenvalue weighted by Crippen LogP contribution is 2.48. The second-order valence-electron chi connectivity index (χ2n) is 19.7. The number of methoxy groups -OCH3 is 1. The quantitative estimate of drug-likeness (QED) is 0.195. The van der Waals surface area contributed by atoms with Gasteiger partial charge in [0.05, 0.1) is 19.1 Å². The van der Waals surface area contributed by atoms with Gasteiger partial charge in [-0.05, 0) is 83.6 Å². The van der Waals surface area contributed by atoms with Crippen molar-refractivity contribution in [3.05, 3.63) is 35.9 Å². The van der Waals surface area contributed by atoms with Crippen molar-refractivity contribution in [2.75, 3.05) is 20.2 Å². The fourth-order valence-electron chi connectivity index (χ4n) is 8.52. The number of nitrogens with one attached hydrogen (secondary N) is 4. The molecule has 8 atom stereocenters. The molecular weight excluding hydrogens is 777 g/mol. The van der Waals surface area contributed by atoms with Gasteiger partial charge in [-0.1, -0.05) is 58.0 Å². The number of esters is 1. The van der Waals surface area contributed by atoms with Crippen molar-refractivity contribution in [1.29, 1.82) is 0 Å². The number of alkyl carbamates (subject to hydrolysis) is 1. The van der Waals surface area contributed by atoms with E-state index in [4.69, 9.17) is 18.9 Å². The number of carbonyl (C=O) groups is 7. The molecular formula is C43H64N6O11. The number of hydrogen-bond donors (Lipinski definition) is 4. The molecule has 4 aliphatic rings. The average Bonchev–Trinajstić information content (AvgIpc) is 3.77. The van der Waals surface area contributed by atoms with Gasteiger partial charge < -0.3 is 40.2 Å².